The molecular weight excluding hydrogens is 310 g/mol. The standard InChI is InChI=1S/C16H23N5O3/c1-10-6-7-13(24-10)11(2)17-16(22)18-12-5-4-8-21-15(12)19-14(20-21)9-23-3/h6-7,11-12H,4-5,8-9H2,1-3H3,(H2,17,18,22)/t11-,12-/m0/s1. The maximum absolute atomic E-state index is 12.3. The van der Waals surface area contributed by atoms with Gasteiger partial charge in [-0.2, -0.15) is 5.10 Å². The molecule has 1 aliphatic rings. The Morgan fingerprint density at radius 2 is 2.38 bits per heavy atom. The van der Waals surface area contributed by atoms with Gasteiger partial charge in [-0.05, 0) is 38.8 Å². The molecule has 0 aliphatic carbocycles. The van der Waals surface area contributed by atoms with E-state index in [1.165, 1.54) is 0 Å². The molecule has 2 atom stereocenters. The van der Waals surface area contributed by atoms with E-state index in [2.05, 4.69) is 20.7 Å². The van der Waals surface area contributed by atoms with Crippen molar-refractivity contribution in [1.29, 1.82) is 0 Å². The van der Waals surface area contributed by atoms with Gasteiger partial charge in [0.15, 0.2) is 5.82 Å². The summed E-state index contributed by atoms with van der Waals surface area (Å²) in [4.78, 5) is 16.8. The average Bonchev–Trinajstić information content (AvgIpc) is 3.14. The molecule has 2 N–H and O–H groups in total. The lowest BCUT2D eigenvalue weighted by Crippen LogP contribution is -2.41. The highest BCUT2D eigenvalue weighted by Crippen LogP contribution is 2.23. The summed E-state index contributed by atoms with van der Waals surface area (Å²) in [6.45, 7) is 4.95. The Balaban J connectivity index is 1.63. The van der Waals surface area contributed by atoms with Gasteiger partial charge in [-0.3, -0.25) is 0 Å². The van der Waals surface area contributed by atoms with Crippen LogP contribution < -0.4 is 10.6 Å². The van der Waals surface area contributed by atoms with Crippen LogP contribution in [0.15, 0.2) is 16.5 Å². The maximum Gasteiger partial charge on any atom is 0.315 e. The van der Waals surface area contributed by atoms with Crippen molar-refractivity contribution in [2.24, 2.45) is 0 Å². The van der Waals surface area contributed by atoms with Crippen molar-refractivity contribution in [2.45, 2.75) is 51.9 Å². The Bertz CT molecular complexity index is 708. The molecule has 8 heteroatoms. The van der Waals surface area contributed by atoms with Gasteiger partial charge in [0.1, 0.15) is 24.0 Å². The normalized spacial score (nSPS) is 18.0. The number of amides is 2. The predicted octanol–water partition coefficient (Wildman–Crippen LogP) is 2.22. The molecule has 2 aromatic heterocycles. The van der Waals surface area contributed by atoms with Crippen LogP contribution in [0.4, 0.5) is 4.79 Å². The number of ether oxygens (including phenoxy) is 1. The SMILES string of the molecule is COCc1nc2n(n1)CCC[C@@H]2NC(=O)N[C@@H](C)c1ccc(C)o1. The summed E-state index contributed by atoms with van der Waals surface area (Å²) in [6.07, 6.45) is 1.79. The third-order valence-electron chi connectivity index (χ3n) is 4.03. The van der Waals surface area contributed by atoms with Crippen LogP contribution in [0.5, 0.6) is 0 Å². The van der Waals surface area contributed by atoms with Gasteiger partial charge in [0.2, 0.25) is 0 Å². The topological polar surface area (TPSA) is 94.2 Å². The minimum absolute atomic E-state index is 0.151. The van der Waals surface area contributed by atoms with E-state index in [1.54, 1.807) is 7.11 Å². The number of carbonyl (C=O) groups excluding carboxylic acids is 1. The van der Waals surface area contributed by atoms with Crippen LogP contribution in [0.2, 0.25) is 0 Å². The first kappa shape index (κ1) is 16.5. The highest BCUT2D eigenvalue weighted by Gasteiger charge is 2.26. The molecule has 130 valence electrons. The van der Waals surface area contributed by atoms with Crippen LogP contribution in [0.25, 0.3) is 0 Å². The van der Waals surface area contributed by atoms with Gasteiger partial charge in [0.05, 0.1) is 12.1 Å². The second-order valence-corrected chi connectivity index (χ2v) is 6.03. The zero-order valence-corrected chi connectivity index (χ0v) is 14.2. The molecule has 3 rings (SSSR count). The fourth-order valence-corrected chi connectivity index (χ4v) is 2.88. The van der Waals surface area contributed by atoms with Crippen molar-refractivity contribution in [3.63, 3.8) is 0 Å². The minimum Gasteiger partial charge on any atom is -0.464 e. The van der Waals surface area contributed by atoms with Crippen LogP contribution >= 0.6 is 0 Å². The minimum atomic E-state index is -0.244. The first-order chi connectivity index (χ1) is 11.6. The molecule has 0 unspecified atom stereocenters. The lowest BCUT2D eigenvalue weighted by molar-refractivity contribution is 0.177. The molecule has 3 heterocycles. The number of furan rings is 1. The van der Waals surface area contributed by atoms with Crippen LogP contribution in [0, 0.1) is 6.92 Å². The van der Waals surface area contributed by atoms with Crippen molar-refractivity contribution in [3.05, 3.63) is 35.3 Å². The summed E-state index contributed by atoms with van der Waals surface area (Å²) in [7, 11) is 1.61. The third-order valence-corrected chi connectivity index (χ3v) is 4.03. The van der Waals surface area contributed by atoms with Gasteiger partial charge in [-0.15, -0.1) is 0 Å². The number of urea groups is 1. The zero-order valence-electron chi connectivity index (χ0n) is 14.2. The summed E-state index contributed by atoms with van der Waals surface area (Å²) in [6, 6.07) is 3.15. The second-order valence-electron chi connectivity index (χ2n) is 6.03. The number of hydrogen-bond acceptors (Lipinski definition) is 5. The van der Waals surface area contributed by atoms with E-state index in [0.29, 0.717) is 12.4 Å². The zero-order chi connectivity index (χ0) is 17.1. The molecular formula is C16H23N5O3. The lowest BCUT2D eigenvalue weighted by Gasteiger charge is -2.24. The molecule has 0 spiro atoms. The van der Waals surface area contributed by atoms with Gasteiger partial charge in [-0.1, -0.05) is 0 Å². The van der Waals surface area contributed by atoms with Gasteiger partial charge in [0.25, 0.3) is 0 Å². The van der Waals surface area contributed by atoms with E-state index in [9.17, 15) is 4.79 Å². The number of nitrogens with zero attached hydrogens (tertiary/aromatic N) is 3. The molecule has 8 nitrogen and oxygen atoms in total. The summed E-state index contributed by atoms with van der Waals surface area (Å²) in [5.41, 5.74) is 0. The second kappa shape index (κ2) is 7.04. The molecule has 0 saturated carbocycles. The van der Waals surface area contributed by atoms with Crippen molar-refractivity contribution < 1.29 is 13.9 Å². The Hall–Kier alpha value is -2.35. The maximum atomic E-state index is 12.3. The van der Waals surface area contributed by atoms with Crippen molar-refractivity contribution in [3.8, 4) is 0 Å². The van der Waals surface area contributed by atoms with Crippen LogP contribution in [0.1, 0.15) is 55.0 Å². The fourth-order valence-electron chi connectivity index (χ4n) is 2.88. The Morgan fingerprint density at radius 1 is 1.54 bits per heavy atom. The van der Waals surface area contributed by atoms with E-state index in [-0.39, 0.29) is 18.1 Å². The molecule has 1 aliphatic heterocycles. The first-order valence-corrected chi connectivity index (χ1v) is 8.12. The van der Waals surface area contributed by atoms with Crippen LogP contribution in [0.3, 0.4) is 0 Å². The number of aryl methyl sites for hydroxylation is 2. The van der Waals surface area contributed by atoms with E-state index in [1.807, 2.05) is 30.7 Å². The quantitative estimate of drug-likeness (QED) is 0.875. The Labute approximate surface area is 140 Å². The van der Waals surface area contributed by atoms with Crippen molar-refractivity contribution in [2.75, 3.05) is 7.11 Å². The number of hydrogen-bond donors (Lipinski definition) is 2. The largest absolute Gasteiger partial charge is 0.464 e. The number of carbonyl (C=O) groups is 1. The summed E-state index contributed by atoms with van der Waals surface area (Å²) < 4.78 is 12.5. The van der Waals surface area contributed by atoms with E-state index >= 15 is 0 Å². The van der Waals surface area contributed by atoms with Crippen LogP contribution in [-0.2, 0) is 17.9 Å². The number of nitrogens with one attached hydrogen (secondary N) is 2. The molecule has 0 fully saturated rings. The highest BCUT2D eigenvalue weighted by atomic mass is 16.5. The number of rotatable bonds is 5. The van der Waals surface area contributed by atoms with Gasteiger partial charge < -0.3 is 19.8 Å². The van der Waals surface area contributed by atoms with E-state index in [4.69, 9.17) is 9.15 Å². The third kappa shape index (κ3) is 3.59. The molecule has 2 aromatic rings. The number of fused-ring (bicyclic) bond motifs is 1. The lowest BCUT2D eigenvalue weighted by atomic mass is 10.1. The fraction of sp³-hybridized carbons (Fsp3) is 0.562. The monoisotopic (exact) mass is 333 g/mol. The first-order valence-electron chi connectivity index (χ1n) is 8.12. The smallest absolute Gasteiger partial charge is 0.315 e. The van der Waals surface area contributed by atoms with Crippen molar-refractivity contribution >= 4 is 6.03 Å². The summed E-state index contributed by atoms with van der Waals surface area (Å²) >= 11 is 0. The van der Waals surface area contributed by atoms with E-state index < -0.39 is 0 Å². The molecule has 0 aromatic carbocycles. The summed E-state index contributed by atoms with van der Waals surface area (Å²) in [5, 5.41) is 10.3. The van der Waals surface area contributed by atoms with Crippen LogP contribution in [-0.4, -0.2) is 27.9 Å². The number of methoxy groups -OCH3 is 1. The molecule has 24 heavy (non-hydrogen) atoms. The average molecular weight is 333 g/mol. The Morgan fingerprint density at radius 3 is 3.08 bits per heavy atom. The van der Waals surface area contributed by atoms with Gasteiger partial charge >= 0.3 is 6.03 Å². The molecule has 2 amide bonds. The predicted molar refractivity (Wildman–Crippen MR) is 86.2 cm³/mol. The molecule has 0 saturated heterocycles. The molecule has 0 bridgehead atoms. The van der Waals surface area contributed by atoms with E-state index in [0.717, 1.165) is 36.7 Å². The highest BCUT2D eigenvalue weighted by molar-refractivity contribution is 5.74. The Kier molecular flexibility index (Phi) is 4.84. The summed E-state index contributed by atoms with van der Waals surface area (Å²) in [5.74, 6) is 2.98. The number of aromatic nitrogens is 3. The van der Waals surface area contributed by atoms with Gasteiger partial charge in [0, 0.05) is 13.7 Å². The van der Waals surface area contributed by atoms with Gasteiger partial charge in [-0.25, -0.2) is 14.5 Å². The molecule has 0 radical (unpaired) electrons. The van der Waals surface area contributed by atoms with Crippen molar-refractivity contribution in [1.82, 2.24) is 25.4 Å².